The quantitative estimate of drug-likeness (QED) is 0.833. The Labute approximate surface area is 116 Å². The molecule has 1 saturated heterocycles. The summed E-state index contributed by atoms with van der Waals surface area (Å²) in [5, 5.41) is 4.03. The van der Waals surface area contributed by atoms with Gasteiger partial charge in [0.25, 0.3) is 5.91 Å². The molecule has 1 aromatic heterocycles. The van der Waals surface area contributed by atoms with Crippen molar-refractivity contribution in [2.45, 2.75) is 19.4 Å². The first-order valence-corrected chi connectivity index (χ1v) is 7.09. The standard InChI is InChI=1S/C11H11BrN2O3S/c1-2-7-10(16)13-8(15)5-14(7)11(17)9-6(12)3-4-18-9/h3-4,7H,2,5H2,1H3,(H,13,15,16). The second kappa shape index (κ2) is 5.19. The van der Waals surface area contributed by atoms with Crippen molar-refractivity contribution in [1.82, 2.24) is 10.2 Å². The maximum Gasteiger partial charge on any atom is 0.266 e. The summed E-state index contributed by atoms with van der Waals surface area (Å²) in [6, 6.07) is 1.19. The third kappa shape index (κ3) is 2.32. The van der Waals surface area contributed by atoms with Crippen LogP contribution in [0.15, 0.2) is 15.9 Å². The molecule has 1 N–H and O–H groups in total. The SMILES string of the molecule is CCC1C(=O)NC(=O)CN1C(=O)c1sccc1Br. The molecular weight excluding hydrogens is 320 g/mol. The van der Waals surface area contributed by atoms with Crippen LogP contribution in [0.4, 0.5) is 0 Å². The average molecular weight is 331 g/mol. The molecule has 1 aliphatic rings. The number of amides is 3. The summed E-state index contributed by atoms with van der Waals surface area (Å²) >= 11 is 4.57. The Morgan fingerprint density at radius 1 is 1.61 bits per heavy atom. The van der Waals surface area contributed by atoms with E-state index in [0.29, 0.717) is 15.8 Å². The van der Waals surface area contributed by atoms with Crippen LogP contribution in [0.2, 0.25) is 0 Å². The van der Waals surface area contributed by atoms with Crippen LogP contribution in [0, 0.1) is 0 Å². The van der Waals surface area contributed by atoms with Gasteiger partial charge in [0.1, 0.15) is 17.5 Å². The van der Waals surface area contributed by atoms with Crippen LogP contribution in [-0.2, 0) is 9.59 Å². The van der Waals surface area contributed by atoms with Gasteiger partial charge in [-0.15, -0.1) is 11.3 Å². The number of piperazine rings is 1. The van der Waals surface area contributed by atoms with Gasteiger partial charge in [-0.2, -0.15) is 0 Å². The van der Waals surface area contributed by atoms with Crippen molar-refractivity contribution in [3.05, 3.63) is 20.8 Å². The van der Waals surface area contributed by atoms with Crippen LogP contribution in [-0.4, -0.2) is 35.2 Å². The van der Waals surface area contributed by atoms with Crippen molar-refractivity contribution in [1.29, 1.82) is 0 Å². The fraction of sp³-hybridized carbons (Fsp3) is 0.364. The second-order valence-corrected chi connectivity index (χ2v) is 5.64. The number of halogens is 1. The molecule has 0 aliphatic carbocycles. The van der Waals surface area contributed by atoms with E-state index in [2.05, 4.69) is 21.2 Å². The molecule has 0 radical (unpaired) electrons. The van der Waals surface area contributed by atoms with Gasteiger partial charge in [0, 0.05) is 4.47 Å². The first kappa shape index (κ1) is 13.2. The Balaban J connectivity index is 2.30. The van der Waals surface area contributed by atoms with Gasteiger partial charge in [-0.3, -0.25) is 19.7 Å². The van der Waals surface area contributed by atoms with Crippen molar-refractivity contribution in [2.24, 2.45) is 0 Å². The highest BCUT2D eigenvalue weighted by Gasteiger charge is 2.36. The summed E-state index contributed by atoms with van der Waals surface area (Å²) in [5.41, 5.74) is 0. The predicted octanol–water partition coefficient (Wildman–Crippen LogP) is 1.39. The van der Waals surface area contributed by atoms with E-state index < -0.39 is 17.9 Å². The van der Waals surface area contributed by atoms with E-state index in [-0.39, 0.29) is 12.5 Å². The number of imide groups is 1. The Morgan fingerprint density at radius 2 is 2.33 bits per heavy atom. The highest BCUT2D eigenvalue weighted by Crippen LogP contribution is 2.25. The molecule has 1 unspecified atom stereocenters. The molecule has 2 rings (SSSR count). The predicted molar refractivity (Wildman–Crippen MR) is 70.3 cm³/mol. The van der Waals surface area contributed by atoms with Gasteiger partial charge in [-0.1, -0.05) is 6.92 Å². The van der Waals surface area contributed by atoms with Crippen molar-refractivity contribution in [2.75, 3.05) is 6.54 Å². The van der Waals surface area contributed by atoms with E-state index >= 15 is 0 Å². The maximum absolute atomic E-state index is 12.3. The molecule has 0 aromatic carbocycles. The summed E-state index contributed by atoms with van der Waals surface area (Å²) in [5.74, 6) is -1.13. The number of thiophene rings is 1. The van der Waals surface area contributed by atoms with E-state index in [9.17, 15) is 14.4 Å². The summed E-state index contributed by atoms with van der Waals surface area (Å²) in [4.78, 5) is 37.2. The zero-order valence-electron chi connectivity index (χ0n) is 9.60. The Bertz CT molecular complexity index is 514. The smallest absolute Gasteiger partial charge is 0.266 e. The Morgan fingerprint density at radius 3 is 2.89 bits per heavy atom. The number of nitrogens with zero attached hydrogens (tertiary/aromatic N) is 1. The van der Waals surface area contributed by atoms with E-state index in [1.807, 2.05) is 6.92 Å². The van der Waals surface area contributed by atoms with Crippen LogP contribution in [0.3, 0.4) is 0 Å². The van der Waals surface area contributed by atoms with Gasteiger partial charge < -0.3 is 4.90 Å². The number of carbonyl (C=O) groups is 3. The van der Waals surface area contributed by atoms with Gasteiger partial charge in [-0.25, -0.2) is 0 Å². The van der Waals surface area contributed by atoms with E-state index in [1.54, 1.807) is 11.4 Å². The lowest BCUT2D eigenvalue weighted by atomic mass is 10.1. The number of hydrogen-bond donors (Lipinski definition) is 1. The van der Waals surface area contributed by atoms with Crippen molar-refractivity contribution < 1.29 is 14.4 Å². The van der Waals surface area contributed by atoms with Gasteiger partial charge in [0.2, 0.25) is 11.8 Å². The molecular formula is C11H11BrN2O3S. The molecule has 0 bridgehead atoms. The summed E-state index contributed by atoms with van der Waals surface area (Å²) in [6.07, 6.45) is 0.480. The molecule has 18 heavy (non-hydrogen) atoms. The topological polar surface area (TPSA) is 66.5 Å². The molecule has 7 heteroatoms. The summed E-state index contributed by atoms with van der Waals surface area (Å²) in [7, 11) is 0. The molecule has 3 amide bonds. The van der Waals surface area contributed by atoms with Crippen LogP contribution >= 0.6 is 27.3 Å². The minimum Gasteiger partial charge on any atom is -0.317 e. The highest BCUT2D eigenvalue weighted by atomic mass is 79.9. The second-order valence-electron chi connectivity index (χ2n) is 3.87. The lowest BCUT2D eigenvalue weighted by molar-refractivity contribution is -0.138. The highest BCUT2D eigenvalue weighted by molar-refractivity contribution is 9.10. The number of hydrogen-bond acceptors (Lipinski definition) is 4. The molecule has 2 heterocycles. The lowest BCUT2D eigenvalue weighted by Gasteiger charge is -2.33. The number of rotatable bonds is 2. The minimum absolute atomic E-state index is 0.0760. The molecule has 96 valence electrons. The minimum atomic E-state index is -0.579. The normalized spacial score (nSPS) is 19.9. The van der Waals surface area contributed by atoms with Crippen molar-refractivity contribution >= 4 is 45.0 Å². The van der Waals surface area contributed by atoms with E-state index in [0.717, 1.165) is 0 Å². The summed E-state index contributed by atoms with van der Waals surface area (Å²) < 4.78 is 0.686. The molecule has 1 atom stereocenters. The van der Waals surface area contributed by atoms with Gasteiger partial charge in [0.05, 0.1) is 0 Å². The van der Waals surface area contributed by atoms with Crippen LogP contribution < -0.4 is 5.32 Å². The zero-order chi connectivity index (χ0) is 13.3. The first-order chi connectivity index (χ1) is 8.54. The van der Waals surface area contributed by atoms with Crippen LogP contribution in [0.1, 0.15) is 23.0 Å². The molecule has 0 spiro atoms. The lowest BCUT2D eigenvalue weighted by Crippen LogP contribution is -2.59. The molecule has 1 aromatic rings. The maximum atomic E-state index is 12.3. The fourth-order valence-electron chi connectivity index (χ4n) is 1.86. The average Bonchev–Trinajstić information content (AvgIpc) is 2.73. The van der Waals surface area contributed by atoms with Crippen LogP contribution in [0.25, 0.3) is 0 Å². The summed E-state index contributed by atoms with van der Waals surface area (Å²) in [6.45, 7) is 1.73. The molecule has 5 nitrogen and oxygen atoms in total. The van der Waals surface area contributed by atoms with Gasteiger partial charge in [0.15, 0.2) is 0 Å². The first-order valence-electron chi connectivity index (χ1n) is 5.42. The third-order valence-electron chi connectivity index (χ3n) is 2.71. The van der Waals surface area contributed by atoms with E-state index in [1.165, 1.54) is 16.2 Å². The van der Waals surface area contributed by atoms with E-state index in [4.69, 9.17) is 0 Å². The van der Waals surface area contributed by atoms with Gasteiger partial charge in [-0.05, 0) is 33.8 Å². The Hall–Kier alpha value is -1.21. The van der Waals surface area contributed by atoms with Crippen LogP contribution in [0.5, 0.6) is 0 Å². The molecule has 1 fully saturated rings. The largest absolute Gasteiger partial charge is 0.317 e. The van der Waals surface area contributed by atoms with Crippen molar-refractivity contribution in [3.63, 3.8) is 0 Å². The molecule has 0 saturated carbocycles. The molecule has 1 aliphatic heterocycles. The monoisotopic (exact) mass is 330 g/mol. The number of nitrogens with one attached hydrogen (secondary N) is 1. The van der Waals surface area contributed by atoms with Crippen molar-refractivity contribution in [3.8, 4) is 0 Å². The third-order valence-corrected chi connectivity index (χ3v) is 4.54. The van der Waals surface area contributed by atoms with Gasteiger partial charge >= 0.3 is 0 Å². The Kier molecular flexibility index (Phi) is 3.82. The number of carbonyl (C=O) groups excluding carboxylic acids is 3. The zero-order valence-corrected chi connectivity index (χ0v) is 12.0. The fourth-order valence-corrected chi connectivity index (χ4v) is 3.36.